The summed E-state index contributed by atoms with van der Waals surface area (Å²) >= 11 is 2.04. The first kappa shape index (κ1) is 14.0. The maximum Gasteiger partial charge on any atom is 0.103 e. The maximum atomic E-state index is 5.37. The quantitative estimate of drug-likeness (QED) is 0.847. The molecule has 1 aromatic rings. The van der Waals surface area contributed by atoms with E-state index in [1.54, 1.807) is 6.26 Å². The van der Waals surface area contributed by atoms with E-state index in [-0.39, 0.29) is 0 Å². The summed E-state index contributed by atoms with van der Waals surface area (Å²) in [7, 11) is 0. The summed E-state index contributed by atoms with van der Waals surface area (Å²) < 4.78 is 5.37. The van der Waals surface area contributed by atoms with Crippen molar-refractivity contribution in [3.63, 3.8) is 0 Å². The molecule has 0 radical (unpaired) electrons. The molecule has 2 nitrogen and oxygen atoms in total. The average molecular weight is 267 g/mol. The molecule has 0 amide bonds. The van der Waals surface area contributed by atoms with Crippen LogP contribution in [0.1, 0.15) is 44.8 Å². The molecule has 1 saturated carbocycles. The van der Waals surface area contributed by atoms with Crippen molar-refractivity contribution in [2.45, 2.75) is 62.8 Å². The highest BCUT2D eigenvalue weighted by molar-refractivity contribution is 7.99. The molecule has 1 fully saturated rings. The van der Waals surface area contributed by atoms with Gasteiger partial charge in [0.05, 0.1) is 6.26 Å². The molecule has 1 N–H and O–H groups in total. The van der Waals surface area contributed by atoms with E-state index in [0.717, 1.165) is 29.9 Å². The molecule has 1 unspecified atom stereocenters. The summed E-state index contributed by atoms with van der Waals surface area (Å²) in [5.41, 5.74) is 0. The Balaban J connectivity index is 1.64. The van der Waals surface area contributed by atoms with Gasteiger partial charge in [-0.1, -0.05) is 0 Å². The van der Waals surface area contributed by atoms with Crippen molar-refractivity contribution in [3.8, 4) is 0 Å². The van der Waals surface area contributed by atoms with Crippen molar-refractivity contribution in [1.82, 2.24) is 5.32 Å². The summed E-state index contributed by atoms with van der Waals surface area (Å²) in [6.07, 6.45) is 11.7. The SMILES string of the molecule is CSC1CCC(NC(C)CCc2ccco2)CC1. The molecule has 0 aliphatic heterocycles. The van der Waals surface area contributed by atoms with Gasteiger partial charge in [0.2, 0.25) is 0 Å². The second-order valence-electron chi connectivity index (χ2n) is 5.40. The lowest BCUT2D eigenvalue weighted by atomic mass is 9.94. The minimum atomic E-state index is 0.589. The number of hydrogen-bond donors (Lipinski definition) is 1. The van der Waals surface area contributed by atoms with E-state index in [4.69, 9.17) is 4.42 Å². The minimum absolute atomic E-state index is 0.589. The number of aryl methyl sites for hydroxylation is 1. The van der Waals surface area contributed by atoms with E-state index in [2.05, 4.69) is 24.6 Å². The molecule has 0 saturated heterocycles. The first-order chi connectivity index (χ1) is 8.78. The van der Waals surface area contributed by atoms with Gasteiger partial charge in [-0.05, 0) is 57.4 Å². The molecule has 1 aliphatic rings. The Morgan fingerprint density at radius 1 is 1.39 bits per heavy atom. The van der Waals surface area contributed by atoms with Crippen LogP contribution >= 0.6 is 11.8 Å². The summed E-state index contributed by atoms with van der Waals surface area (Å²) in [5.74, 6) is 1.11. The highest BCUT2D eigenvalue weighted by Gasteiger charge is 2.21. The topological polar surface area (TPSA) is 25.2 Å². The van der Waals surface area contributed by atoms with Crippen molar-refractivity contribution in [2.75, 3.05) is 6.26 Å². The van der Waals surface area contributed by atoms with Gasteiger partial charge in [0.15, 0.2) is 0 Å². The van der Waals surface area contributed by atoms with E-state index >= 15 is 0 Å². The molecule has 0 aromatic carbocycles. The Labute approximate surface area is 115 Å². The van der Waals surface area contributed by atoms with Gasteiger partial charge >= 0.3 is 0 Å². The van der Waals surface area contributed by atoms with Gasteiger partial charge in [0.1, 0.15) is 5.76 Å². The van der Waals surface area contributed by atoms with Crippen molar-refractivity contribution in [3.05, 3.63) is 24.2 Å². The van der Waals surface area contributed by atoms with Gasteiger partial charge in [-0.3, -0.25) is 0 Å². The largest absolute Gasteiger partial charge is 0.469 e. The molecular weight excluding hydrogens is 242 g/mol. The Kier molecular flexibility index (Phi) is 5.64. The van der Waals surface area contributed by atoms with Gasteiger partial charge in [-0.15, -0.1) is 0 Å². The maximum absolute atomic E-state index is 5.37. The lowest BCUT2D eigenvalue weighted by molar-refractivity contribution is 0.338. The van der Waals surface area contributed by atoms with Gasteiger partial charge in [0.25, 0.3) is 0 Å². The van der Waals surface area contributed by atoms with Crippen LogP contribution < -0.4 is 5.32 Å². The molecule has 1 atom stereocenters. The Hall–Kier alpha value is -0.410. The zero-order valence-corrected chi connectivity index (χ0v) is 12.3. The Morgan fingerprint density at radius 2 is 2.17 bits per heavy atom. The van der Waals surface area contributed by atoms with Gasteiger partial charge in [-0.2, -0.15) is 11.8 Å². The van der Waals surface area contributed by atoms with E-state index in [1.165, 1.54) is 25.7 Å². The standard InChI is InChI=1S/C15H25NOS/c1-12(5-8-14-4-3-11-17-14)16-13-6-9-15(18-2)10-7-13/h3-4,11-13,15-16H,5-10H2,1-2H3. The third kappa shape index (κ3) is 4.36. The highest BCUT2D eigenvalue weighted by atomic mass is 32.2. The van der Waals surface area contributed by atoms with Crippen molar-refractivity contribution >= 4 is 11.8 Å². The molecule has 1 heterocycles. The summed E-state index contributed by atoms with van der Waals surface area (Å²) in [4.78, 5) is 0. The molecule has 3 heteroatoms. The first-order valence-corrected chi connectivity index (χ1v) is 8.38. The van der Waals surface area contributed by atoms with Crippen LogP contribution in [0.15, 0.2) is 22.8 Å². The monoisotopic (exact) mass is 267 g/mol. The zero-order chi connectivity index (χ0) is 12.8. The fourth-order valence-corrected chi connectivity index (χ4v) is 3.51. The van der Waals surface area contributed by atoms with Crippen LogP contribution in [0, 0.1) is 0 Å². The molecule has 102 valence electrons. The van der Waals surface area contributed by atoms with Crippen LogP contribution in [0.5, 0.6) is 0 Å². The van der Waals surface area contributed by atoms with Crippen molar-refractivity contribution < 1.29 is 4.42 Å². The fraction of sp³-hybridized carbons (Fsp3) is 0.733. The van der Waals surface area contributed by atoms with Crippen LogP contribution in [-0.4, -0.2) is 23.6 Å². The fourth-order valence-electron chi connectivity index (χ4n) is 2.76. The molecule has 1 aromatic heterocycles. The number of hydrogen-bond acceptors (Lipinski definition) is 3. The van der Waals surface area contributed by atoms with E-state index in [9.17, 15) is 0 Å². The zero-order valence-electron chi connectivity index (χ0n) is 11.5. The third-order valence-electron chi connectivity index (χ3n) is 3.93. The smallest absolute Gasteiger partial charge is 0.103 e. The third-order valence-corrected chi connectivity index (χ3v) is 5.07. The first-order valence-electron chi connectivity index (χ1n) is 7.09. The van der Waals surface area contributed by atoms with Crippen LogP contribution in [0.2, 0.25) is 0 Å². The second kappa shape index (κ2) is 7.25. The molecule has 0 spiro atoms. The predicted octanol–water partition coefficient (Wildman–Crippen LogP) is 3.86. The number of nitrogens with one attached hydrogen (secondary N) is 1. The van der Waals surface area contributed by atoms with Gasteiger partial charge in [-0.25, -0.2) is 0 Å². The second-order valence-corrected chi connectivity index (χ2v) is 6.53. The van der Waals surface area contributed by atoms with E-state index < -0.39 is 0 Å². The Morgan fingerprint density at radius 3 is 2.78 bits per heavy atom. The predicted molar refractivity (Wildman–Crippen MR) is 79.2 cm³/mol. The van der Waals surface area contributed by atoms with Crippen LogP contribution in [0.3, 0.4) is 0 Å². The van der Waals surface area contributed by atoms with Gasteiger partial charge < -0.3 is 9.73 Å². The van der Waals surface area contributed by atoms with Crippen molar-refractivity contribution in [2.24, 2.45) is 0 Å². The van der Waals surface area contributed by atoms with Crippen LogP contribution in [-0.2, 0) is 6.42 Å². The highest BCUT2D eigenvalue weighted by Crippen LogP contribution is 2.27. The lowest BCUT2D eigenvalue weighted by Crippen LogP contribution is -2.39. The van der Waals surface area contributed by atoms with Crippen molar-refractivity contribution in [1.29, 1.82) is 0 Å². The van der Waals surface area contributed by atoms with Crippen LogP contribution in [0.25, 0.3) is 0 Å². The number of rotatable bonds is 6. The van der Waals surface area contributed by atoms with E-state index in [1.807, 2.05) is 17.8 Å². The molecule has 0 bridgehead atoms. The molecule has 2 rings (SSSR count). The lowest BCUT2D eigenvalue weighted by Gasteiger charge is -2.30. The normalized spacial score (nSPS) is 26.1. The molecular formula is C15H25NOS. The van der Waals surface area contributed by atoms with Gasteiger partial charge in [0, 0.05) is 23.8 Å². The minimum Gasteiger partial charge on any atom is -0.469 e. The Bertz CT molecular complexity index is 317. The molecule has 1 aliphatic carbocycles. The number of furan rings is 1. The summed E-state index contributed by atoms with van der Waals surface area (Å²) in [5, 5.41) is 4.68. The summed E-state index contributed by atoms with van der Waals surface area (Å²) in [6.45, 7) is 2.30. The van der Waals surface area contributed by atoms with Crippen LogP contribution in [0.4, 0.5) is 0 Å². The van der Waals surface area contributed by atoms with E-state index in [0.29, 0.717) is 6.04 Å². The average Bonchev–Trinajstić information content (AvgIpc) is 2.90. The summed E-state index contributed by atoms with van der Waals surface area (Å²) in [6, 6.07) is 5.36. The molecule has 18 heavy (non-hydrogen) atoms. The number of thioether (sulfide) groups is 1.